The van der Waals surface area contributed by atoms with Crippen LogP contribution < -0.4 is 4.90 Å². The number of anilines is 1. The monoisotopic (exact) mass is 275 g/mol. The van der Waals surface area contributed by atoms with Gasteiger partial charge in [-0.25, -0.2) is 9.97 Å². The van der Waals surface area contributed by atoms with Crippen molar-refractivity contribution in [2.24, 2.45) is 7.05 Å². The average Bonchev–Trinajstić information content (AvgIpc) is 3.05. The summed E-state index contributed by atoms with van der Waals surface area (Å²) in [5.74, 6) is 1.61. The maximum atomic E-state index is 11.3. The van der Waals surface area contributed by atoms with Gasteiger partial charge in [-0.15, -0.1) is 11.3 Å². The van der Waals surface area contributed by atoms with Gasteiger partial charge in [-0.2, -0.15) is 0 Å². The molecule has 0 aliphatic heterocycles. The van der Waals surface area contributed by atoms with Crippen molar-refractivity contribution in [2.75, 3.05) is 11.9 Å². The minimum atomic E-state index is 0.577. The summed E-state index contributed by atoms with van der Waals surface area (Å²) in [6.07, 6.45) is 6.36. The maximum absolute atomic E-state index is 11.3. The molecular weight excluding hydrogens is 262 g/mol. The number of carbonyl (C=O) groups excluding carboxylic acids is 1. The van der Waals surface area contributed by atoms with Crippen LogP contribution in [0.15, 0.2) is 24.0 Å². The number of thiazole rings is 1. The van der Waals surface area contributed by atoms with Gasteiger partial charge in [-0.3, -0.25) is 9.20 Å². The van der Waals surface area contributed by atoms with Crippen LogP contribution in [0, 0.1) is 0 Å². The Kier molecular flexibility index (Phi) is 2.83. The molecule has 7 heteroatoms. The van der Waals surface area contributed by atoms with Crippen molar-refractivity contribution in [3.05, 3.63) is 35.5 Å². The summed E-state index contributed by atoms with van der Waals surface area (Å²) >= 11 is 1.51. The third kappa shape index (κ3) is 1.91. The normalized spacial score (nSPS) is 11.1. The molecule has 3 heterocycles. The van der Waals surface area contributed by atoms with E-state index in [-0.39, 0.29) is 0 Å². The Morgan fingerprint density at radius 2 is 2.32 bits per heavy atom. The Hall–Kier alpha value is -2.15. The van der Waals surface area contributed by atoms with Gasteiger partial charge in [-0.1, -0.05) is 0 Å². The number of imidazole rings is 2. The molecular formula is C12H13N5OS. The molecule has 0 unspecified atom stereocenters. The molecule has 3 aromatic heterocycles. The van der Waals surface area contributed by atoms with Crippen molar-refractivity contribution in [2.45, 2.75) is 6.54 Å². The number of aromatic nitrogens is 4. The SMILES string of the molecule is CN(Cc1nccn1C)c1nc2sccn2c1C=O. The van der Waals surface area contributed by atoms with E-state index in [1.807, 2.05) is 45.7 Å². The van der Waals surface area contributed by atoms with Crippen LogP contribution in [0.25, 0.3) is 4.96 Å². The molecule has 0 atom stereocenters. The minimum Gasteiger partial charge on any atom is -0.350 e. The van der Waals surface area contributed by atoms with E-state index in [9.17, 15) is 4.79 Å². The number of nitrogens with zero attached hydrogens (tertiary/aromatic N) is 5. The van der Waals surface area contributed by atoms with Gasteiger partial charge in [0.2, 0.25) is 0 Å². The molecule has 6 nitrogen and oxygen atoms in total. The molecule has 0 saturated heterocycles. The van der Waals surface area contributed by atoms with Crippen molar-refractivity contribution in [1.29, 1.82) is 0 Å². The molecule has 0 spiro atoms. The first-order valence-corrected chi connectivity index (χ1v) is 6.66. The van der Waals surface area contributed by atoms with Crippen LogP contribution >= 0.6 is 11.3 Å². The van der Waals surface area contributed by atoms with Crippen molar-refractivity contribution in [1.82, 2.24) is 18.9 Å². The summed E-state index contributed by atoms with van der Waals surface area (Å²) in [6, 6.07) is 0. The van der Waals surface area contributed by atoms with Crippen molar-refractivity contribution < 1.29 is 4.79 Å². The second-order valence-corrected chi connectivity index (χ2v) is 5.18. The van der Waals surface area contributed by atoms with E-state index in [0.29, 0.717) is 18.1 Å². The summed E-state index contributed by atoms with van der Waals surface area (Å²) in [6.45, 7) is 0.606. The zero-order chi connectivity index (χ0) is 13.4. The van der Waals surface area contributed by atoms with E-state index in [1.54, 1.807) is 6.20 Å². The van der Waals surface area contributed by atoms with Gasteiger partial charge >= 0.3 is 0 Å². The van der Waals surface area contributed by atoms with E-state index in [2.05, 4.69) is 9.97 Å². The van der Waals surface area contributed by atoms with Gasteiger partial charge < -0.3 is 9.47 Å². The number of aryl methyl sites for hydroxylation is 1. The standard InChI is InChI=1S/C12H13N5OS/c1-15-4-3-13-10(15)7-16(2)11-9(8-18)17-5-6-19-12(17)14-11/h3-6,8H,7H2,1-2H3. The molecule has 0 saturated carbocycles. The first-order chi connectivity index (χ1) is 9.20. The third-order valence-corrected chi connectivity index (χ3v) is 3.81. The van der Waals surface area contributed by atoms with Crippen LogP contribution in [0.4, 0.5) is 5.82 Å². The lowest BCUT2D eigenvalue weighted by Crippen LogP contribution is -2.20. The molecule has 0 bridgehead atoms. The number of rotatable bonds is 4. The van der Waals surface area contributed by atoms with Gasteiger partial charge in [0.25, 0.3) is 0 Å². The van der Waals surface area contributed by atoms with E-state index in [4.69, 9.17) is 0 Å². The van der Waals surface area contributed by atoms with Crippen LogP contribution in [-0.2, 0) is 13.6 Å². The second kappa shape index (κ2) is 4.51. The van der Waals surface area contributed by atoms with Crippen LogP contribution in [0.1, 0.15) is 16.3 Å². The smallest absolute Gasteiger partial charge is 0.196 e. The van der Waals surface area contributed by atoms with E-state index in [0.717, 1.165) is 17.1 Å². The van der Waals surface area contributed by atoms with Crippen LogP contribution in [-0.4, -0.2) is 32.3 Å². The predicted octanol–water partition coefficient (Wildman–Crippen LogP) is 1.58. The highest BCUT2D eigenvalue weighted by Gasteiger charge is 2.17. The summed E-state index contributed by atoms with van der Waals surface area (Å²) in [5.41, 5.74) is 0.577. The molecule has 0 N–H and O–H groups in total. The highest BCUT2D eigenvalue weighted by Crippen LogP contribution is 2.23. The first kappa shape index (κ1) is 11.9. The molecule has 0 fully saturated rings. The fourth-order valence-electron chi connectivity index (χ4n) is 2.02. The fraction of sp³-hybridized carbons (Fsp3) is 0.250. The number of hydrogen-bond donors (Lipinski definition) is 0. The van der Waals surface area contributed by atoms with Crippen molar-refractivity contribution in [3.63, 3.8) is 0 Å². The Bertz CT molecular complexity index is 725. The summed E-state index contributed by atoms with van der Waals surface area (Å²) in [7, 11) is 3.86. The lowest BCUT2D eigenvalue weighted by atomic mass is 10.4. The van der Waals surface area contributed by atoms with Gasteiger partial charge in [0, 0.05) is 38.1 Å². The van der Waals surface area contributed by atoms with E-state index < -0.39 is 0 Å². The number of aldehydes is 1. The molecule has 0 radical (unpaired) electrons. The Labute approximate surface area is 113 Å². The molecule has 0 aliphatic rings. The van der Waals surface area contributed by atoms with Crippen LogP contribution in [0.5, 0.6) is 0 Å². The number of hydrogen-bond acceptors (Lipinski definition) is 5. The quantitative estimate of drug-likeness (QED) is 0.678. The predicted molar refractivity (Wildman–Crippen MR) is 73.8 cm³/mol. The van der Waals surface area contributed by atoms with Gasteiger partial charge in [-0.05, 0) is 0 Å². The number of fused-ring (bicyclic) bond motifs is 1. The van der Waals surface area contributed by atoms with Gasteiger partial charge in [0.15, 0.2) is 17.1 Å². The molecule has 3 aromatic rings. The second-order valence-electron chi connectivity index (χ2n) is 4.30. The molecule has 0 amide bonds. The minimum absolute atomic E-state index is 0.577. The Morgan fingerprint density at radius 1 is 1.47 bits per heavy atom. The first-order valence-electron chi connectivity index (χ1n) is 5.78. The zero-order valence-corrected chi connectivity index (χ0v) is 11.5. The Balaban J connectivity index is 1.97. The molecule has 0 aliphatic carbocycles. The highest BCUT2D eigenvalue weighted by atomic mass is 32.1. The third-order valence-electron chi connectivity index (χ3n) is 3.05. The Morgan fingerprint density at radius 3 is 3.00 bits per heavy atom. The molecule has 19 heavy (non-hydrogen) atoms. The summed E-state index contributed by atoms with van der Waals surface area (Å²) in [4.78, 5) is 22.8. The largest absolute Gasteiger partial charge is 0.350 e. The number of carbonyl (C=O) groups is 1. The molecule has 3 rings (SSSR count). The molecule has 0 aromatic carbocycles. The van der Waals surface area contributed by atoms with Crippen LogP contribution in [0.2, 0.25) is 0 Å². The maximum Gasteiger partial charge on any atom is 0.196 e. The van der Waals surface area contributed by atoms with E-state index in [1.165, 1.54) is 11.3 Å². The van der Waals surface area contributed by atoms with Gasteiger partial charge in [0.05, 0.1) is 6.54 Å². The molecule has 98 valence electrons. The van der Waals surface area contributed by atoms with E-state index >= 15 is 0 Å². The average molecular weight is 275 g/mol. The highest BCUT2D eigenvalue weighted by molar-refractivity contribution is 7.15. The topological polar surface area (TPSA) is 55.4 Å². The summed E-state index contributed by atoms with van der Waals surface area (Å²) in [5, 5.41) is 1.91. The zero-order valence-electron chi connectivity index (χ0n) is 10.6. The van der Waals surface area contributed by atoms with Crippen molar-refractivity contribution >= 4 is 28.4 Å². The van der Waals surface area contributed by atoms with Gasteiger partial charge in [0.1, 0.15) is 11.5 Å². The summed E-state index contributed by atoms with van der Waals surface area (Å²) < 4.78 is 3.76. The lowest BCUT2D eigenvalue weighted by Gasteiger charge is -2.16. The lowest BCUT2D eigenvalue weighted by molar-refractivity contribution is 0.111. The van der Waals surface area contributed by atoms with Crippen molar-refractivity contribution in [3.8, 4) is 0 Å². The fourth-order valence-corrected chi connectivity index (χ4v) is 2.73. The van der Waals surface area contributed by atoms with Crippen LogP contribution in [0.3, 0.4) is 0 Å².